The van der Waals surface area contributed by atoms with Crippen molar-refractivity contribution in [1.82, 2.24) is 15.1 Å². The Labute approximate surface area is 141 Å². The van der Waals surface area contributed by atoms with Crippen LogP contribution in [0.3, 0.4) is 0 Å². The molecule has 0 aromatic carbocycles. The van der Waals surface area contributed by atoms with Gasteiger partial charge in [0.1, 0.15) is 11.8 Å². The first-order chi connectivity index (χ1) is 11.5. The molecule has 1 saturated heterocycles. The highest BCUT2D eigenvalue weighted by Crippen LogP contribution is 2.27. The fraction of sp³-hybridized carbons (Fsp3) is 0.588. The Hall–Kier alpha value is -2.15. The number of morpholine rings is 1. The summed E-state index contributed by atoms with van der Waals surface area (Å²) in [5, 5.41) is 8.16. The molecule has 3 rings (SSSR count). The molecule has 0 N–H and O–H groups in total. The monoisotopic (exact) mass is 333 g/mol. The van der Waals surface area contributed by atoms with Crippen LogP contribution in [0.1, 0.15) is 66.4 Å². The van der Waals surface area contributed by atoms with Crippen molar-refractivity contribution in [2.24, 2.45) is 0 Å². The Morgan fingerprint density at radius 3 is 2.79 bits per heavy atom. The van der Waals surface area contributed by atoms with E-state index < -0.39 is 0 Å². The lowest BCUT2D eigenvalue weighted by atomic mass is 10.2. The number of aromatic nitrogens is 2. The van der Waals surface area contributed by atoms with Gasteiger partial charge in [0.15, 0.2) is 5.76 Å². The zero-order valence-corrected chi connectivity index (χ0v) is 14.5. The van der Waals surface area contributed by atoms with E-state index in [2.05, 4.69) is 10.2 Å². The lowest BCUT2D eigenvalue weighted by Gasteiger charge is -2.32. The Kier molecular flexibility index (Phi) is 4.71. The van der Waals surface area contributed by atoms with Crippen LogP contribution in [-0.4, -0.2) is 40.8 Å². The number of hydrogen-bond donors (Lipinski definition) is 0. The number of carbonyl (C=O) groups is 1. The van der Waals surface area contributed by atoms with Gasteiger partial charge in [0.05, 0.1) is 13.2 Å². The minimum absolute atomic E-state index is 0.139. The molecule has 1 aliphatic rings. The molecule has 1 aliphatic heterocycles. The van der Waals surface area contributed by atoms with Gasteiger partial charge in [0, 0.05) is 18.9 Å². The molecule has 0 bridgehead atoms. The molecule has 0 radical (unpaired) electrons. The van der Waals surface area contributed by atoms with E-state index in [9.17, 15) is 4.79 Å². The number of carbonyl (C=O) groups excluding carboxylic acids is 1. The number of aryl methyl sites for hydroxylation is 2. The molecule has 0 saturated carbocycles. The molecule has 7 nitrogen and oxygen atoms in total. The van der Waals surface area contributed by atoms with Gasteiger partial charge < -0.3 is 18.5 Å². The lowest BCUT2D eigenvalue weighted by molar-refractivity contribution is -0.0122. The highest BCUT2D eigenvalue weighted by atomic mass is 16.5. The maximum Gasteiger partial charge on any atom is 0.290 e. The summed E-state index contributed by atoms with van der Waals surface area (Å²) in [6.07, 6.45) is 0.757. The van der Waals surface area contributed by atoms with E-state index in [1.807, 2.05) is 27.7 Å². The average molecular weight is 333 g/mol. The SMILES string of the molecule is CCc1oc(C(=O)N2CCOCC2c2nnc(C(C)C)o2)cc1C. The third kappa shape index (κ3) is 3.08. The summed E-state index contributed by atoms with van der Waals surface area (Å²) >= 11 is 0. The van der Waals surface area contributed by atoms with Gasteiger partial charge in [-0.25, -0.2) is 0 Å². The van der Waals surface area contributed by atoms with E-state index in [0.717, 1.165) is 17.7 Å². The van der Waals surface area contributed by atoms with Crippen molar-refractivity contribution in [1.29, 1.82) is 0 Å². The van der Waals surface area contributed by atoms with Crippen molar-refractivity contribution in [3.05, 3.63) is 34.9 Å². The Balaban J connectivity index is 1.86. The second kappa shape index (κ2) is 6.76. The first kappa shape index (κ1) is 16.7. The van der Waals surface area contributed by atoms with Crippen LogP contribution in [-0.2, 0) is 11.2 Å². The van der Waals surface area contributed by atoms with Gasteiger partial charge in [-0.2, -0.15) is 0 Å². The predicted molar refractivity (Wildman–Crippen MR) is 85.8 cm³/mol. The number of ether oxygens (including phenoxy) is 1. The van der Waals surface area contributed by atoms with Crippen LogP contribution in [0.2, 0.25) is 0 Å². The van der Waals surface area contributed by atoms with E-state index in [1.165, 1.54) is 0 Å². The minimum Gasteiger partial charge on any atom is -0.456 e. The molecule has 24 heavy (non-hydrogen) atoms. The molecule has 7 heteroatoms. The van der Waals surface area contributed by atoms with Crippen LogP contribution in [0.5, 0.6) is 0 Å². The van der Waals surface area contributed by atoms with Crippen molar-refractivity contribution in [2.45, 2.75) is 46.1 Å². The Morgan fingerprint density at radius 2 is 2.17 bits per heavy atom. The standard InChI is InChI=1S/C17H23N3O4/c1-5-13-11(4)8-14(23-13)17(21)20-6-7-22-9-12(20)16-19-18-15(24-16)10(2)3/h8,10,12H,5-7,9H2,1-4H3. The smallest absolute Gasteiger partial charge is 0.290 e. The van der Waals surface area contributed by atoms with Gasteiger partial charge in [-0.1, -0.05) is 20.8 Å². The van der Waals surface area contributed by atoms with Crippen LogP contribution in [0, 0.1) is 6.92 Å². The second-order valence-electron chi connectivity index (χ2n) is 6.29. The Bertz CT molecular complexity index is 719. The topological polar surface area (TPSA) is 81.6 Å². The highest BCUT2D eigenvalue weighted by molar-refractivity contribution is 5.92. The van der Waals surface area contributed by atoms with Crippen molar-refractivity contribution >= 4 is 5.91 Å². The zero-order valence-electron chi connectivity index (χ0n) is 14.5. The molecule has 2 aromatic heterocycles. The van der Waals surface area contributed by atoms with Gasteiger partial charge in [0.2, 0.25) is 11.8 Å². The summed E-state index contributed by atoms with van der Waals surface area (Å²) < 4.78 is 17.0. The summed E-state index contributed by atoms with van der Waals surface area (Å²) in [4.78, 5) is 14.6. The largest absolute Gasteiger partial charge is 0.456 e. The predicted octanol–water partition coefficient (Wildman–Crippen LogP) is 2.87. The van der Waals surface area contributed by atoms with Gasteiger partial charge in [0.25, 0.3) is 5.91 Å². The van der Waals surface area contributed by atoms with Gasteiger partial charge >= 0.3 is 0 Å². The number of hydrogen-bond acceptors (Lipinski definition) is 6. The van der Waals surface area contributed by atoms with E-state index in [4.69, 9.17) is 13.6 Å². The first-order valence-electron chi connectivity index (χ1n) is 8.32. The normalized spacial score (nSPS) is 18.4. The van der Waals surface area contributed by atoms with Crippen molar-refractivity contribution in [3.8, 4) is 0 Å². The Morgan fingerprint density at radius 1 is 1.38 bits per heavy atom. The van der Waals surface area contributed by atoms with Crippen molar-refractivity contribution in [2.75, 3.05) is 19.8 Å². The van der Waals surface area contributed by atoms with Gasteiger partial charge in [-0.05, 0) is 18.6 Å². The van der Waals surface area contributed by atoms with Gasteiger partial charge in [-0.15, -0.1) is 10.2 Å². The van der Waals surface area contributed by atoms with Crippen molar-refractivity contribution in [3.63, 3.8) is 0 Å². The third-order valence-corrected chi connectivity index (χ3v) is 4.18. The molecular formula is C17H23N3O4. The molecule has 0 spiro atoms. The molecule has 0 aliphatic carbocycles. The molecule has 2 aromatic rings. The highest BCUT2D eigenvalue weighted by Gasteiger charge is 2.35. The lowest BCUT2D eigenvalue weighted by Crippen LogP contribution is -2.43. The summed E-state index contributed by atoms with van der Waals surface area (Å²) in [7, 11) is 0. The van der Waals surface area contributed by atoms with Crippen LogP contribution < -0.4 is 0 Å². The van der Waals surface area contributed by atoms with E-state index in [0.29, 0.717) is 37.3 Å². The minimum atomic E-state index is -0.387. The summed E-state index contributed by atoms with van der Waals surface area (Å²) in [5.74, 6) is 2.12. The molecule has 130 valence electrons. The van der Waals surface area contributed by atoms with Crippen LogP contribution in [0.25, 0.3) is 0 Å². The molecule has 3 heterocycles. The number of rotatable bonds is 4. The third-order valence-electron chi connectivity index (χ3n) is 4.18. The van der Waals surface area contributed by atoms with E-state index >= 15 is 0 Å². The fourth-order valence-corrected chi connectivity index (χ4v) is 2.78. The van der Waals surface area contributed by atoms with Crippen molar-refractivity contribution < 1.29 is 18.4 Å². The summed E-state index contributed by atoms with van der Waals surface area (Å²) in [5.41, 5.74) is 0.991. The maximum atomic E-state index is 12.9. The maximum absolute atomic E-state index is 12.9. The zero-order chi connectivity index (χ0) is 17.3. The number of nitrogens with zero attached hydrogens (tertiary/aromatic N) is 3. The van der Waals surface area contributed by atoms with Crippen LogP contribution >= 0.6 is 0 Å². The summed E-state index contributed by atoms with van der Waals surface area (Å²) in [6, 6.07) is 1.41. The van der Waals surface area contributed by atoms with Crippen LogP contribution in [0.4, 0.5) is 0 Å². The number of amides is 1. The molecule has 1 amide bonds. The summed E-state index contributed by atoms with van der Waals surface area (Å²) in [6.45, 7) is 9.20. The fourth-order valence-electron chi connectivity index (χ4n) is 2.78. The van der Waals surface area contributed by atoms with Crippen LogP contribution in [0.15, 0.2) is 14.9 Å². The van der Waals surface area contributed by atoms with Gasteiger partial charge in [-0.3, -0.25) is 4.79 Å². The number of furan rings is 1. The molecule has 1 fully saturated rings. The van der Waals surface area contributed by atoms with E-state index in [1.54, 1.807) is 11.0 Å². The molecule has 1 unspecified atom stereocenters. The van der Waals surface area contributed by atoms with E-state index in [-0.39, 0.29) is 17.9 Å². The second-order valence-corrected chi connectivity index (χ2v) is 6.29. The quantitative estimate of drug-likeness (QED) is 0.856. The first-order valence-corrected chi connectivity index (χ1v) is 8.32. The average Bonchev–Trinajstić information content (AvgIpc) is 3.21. The molecular weight excluding hydrogens is 310 g/mol. The molecule has 1 atom stereocenters.